The summed E-state index contributed by atoms with van der Waals surface area (Å²) in [6.07, 6.45) is 3.11. The molecule has 110 valence electrons. The monoisotopic (exact) mass is 339 g/mol. The molecule has 0 saturated heterocycles. The summed E-state index contributed by atoms with van der Waals surface area (Å²) in [6.45, 7) is 5.80. The van der Waals surface area contributed by atoms with Gasteiger partial charge in [0.05, 0.1) is 6.61 Å². The van der Waals surface area contributed by atoms with Crippen LogP contribution in [0.1, 0.15) is 42.6 Å². The van der Waals surface area contributed by atoms with Gasteiger partial charge in [-0.1, -0.05) is 29.8 Å². The molecule has 0 unspecified atom stereocenters. The second kappa shape index (κ2) is 6.61. The van der Waals surface area contributed by atoms with Gasteiger partial charge in [-0.25, -0.2) is 0 Å². The molecule has 1 N–H and O–H groups in total. The van der Waals surface area contributed by atoms with Gasteiger partial charge in [-0.05, 0) is 42.0 Å². The highest BCUT2D eigenvalue weighted by atomic mass is 79.9. The summed E-state index contributed by atoms with van der Waals surface area (Å²) in [6, 6.07) is 5.68. The van der Waals surface area contributed by atoms with Gasteiger partial charge in [0.1, 0.15) is 5.75 Å². The molecule has 20 heavy (non-hydrogen) atoms. The molecule has 0 spiro atoms. The Bertz CT molecular complexity index is 485. The molecule has 2 rings (SSSR count). The smallest absolute Gasteiger partial charge is 0.251 e. The quantitative estimate of drug-likeness (QED) is 0.805. The van der Waals surface area contributed by atoms with E-state index in [2.05, 4.69) is 35.1 Å². The number of carbonyl (C=O) groups is 1. The Morgan fingerprint density at radius 2 is 2.25 bits per heavy atom. The number of carbonyl (C=O) groups excluding carboxylic acids is 1. The first-order valence-corrected chi connectivity index (χ1v) is 8.24. The van der Waals surface area contributed by atoms with Crippen molar-refractivity contribution >= 4 is 21.8 Å². The number of halogens is 1. The van der Waals surface area contributed by atoms with Crippen LogP contribution in [0.4, 0.5) is 0 Å². The van der Waals surface area contributed by atoms with Crippen LogP contribution in [0.3, 0.4) is 0 Å². The Labute approximate surface area is 129 Å². The number of alkyl halides is 1. The van der Waals surface area contributed by atoms with Crippen molar-refractivity contribution in [2.75, 3.05) is 18.5 Å². The van der Waals surface area contributed by atoms with E-state index in [0.29, 0.717) is 6.54 Å². The number of nitrogens with one attached hydrogen (secondary N) is 1. The summed E-state index contributed by atoms with van der Waals surface area (Å²) in [5, 5.41) is 4.05. The highest BCUT2D eigenvalue weighted by Crippen LogP contribution is 2.26. The second-order valence-corrected chi connectivity index (χ2v) is 6.85. The fraction of sp³-hybridized carbons (Fsp3) is 0.562. The van der Waals surface area contributed by atoms with Gasteiger partial charge in [0, 0.05) is 23.9 Å². The molecule has 0 radical (unpaired) electrons. The van der Waals surface area contributed by atoms with Crippen LogP contribution in [0.15, 0.2) is 18.2 Å². The highest BCUT2D eigenvalue weighted by Gasteiger charge is 2.20. The lowest BCUT2D eigenvalue weighted by Gasteiger charge is -2.24. The van der Waals surface area contributed by atoms with Gasteiger partial charge >= 0.3 is 0 Å². The van der Waals surface area contributed by atoms with Crippen LogP contribution in [0, 0.1) is 5.41 Å². The van der Waals surface area contributed by atoms with E-state index in [4.69, 9.17) is 4.74 Å². The average Bonchev–Trinajstić information content (AvgIpc) is 2.90. The molecule has 0 fully saturated rings. The molecule has 0 aliphatic carbocycles. The number of hydrogen-bond acceptors (Lipinski definition) is 2. The number of fused-ring (bicyclic) bond motifs is 1. The fourth-order valence-electron chi connectivity index (χ4n) is 2.38. The maximum atomic E-state index is 12.2. The Hall–Kier alpha value is -1.03. The van der Waals surface area contributed by atoms with E-state index in [1.165, 1.54) is 0 Å². The molecule has 1 aliphatic rings. The summed E-state index contributed by atoms with van der Waals surface area (Å²) in [4.78, 5) is 12.2. The minimum atomic E-state index is 0.00613. The van der Waals surface area contributed by atoms with Crippen LogP contribution in [0.2, 0.25) is 0 Å². The van der Waals surface area contributed by atoms with Crippen LogP contribution < -0.4 is 10.1 Å². The Balaban J connectivity index is 1.92. The Morgan fingerprint density at radius 1 is 1.45 bits per heavy atom. The summed E-state index contributed by atoms with van der Waals surface area (Å²) < 4.78 is 5.46. The van der Waals surface area contributed by atoms with Gasteiger partial charge in [0.25, 0.3) is 5.91 Å². The zero-order valence-electron chi connectivity index (χ0n) is 12.2. The van der Waals surface area contributed by atoms with E-state index >= 15 is 0 Å². The first-order chi connectivity index (χ1) is 9.52. The molecule has 0 aromatic heterocycles. The molecule has 1 amide bonds. The van der Waals surface area contributed by atoms with Crippen molar-refractivity contribution in [3.63, 3.8) is 0 Å². The molecule has 1 heterocycles. The Kier molecular flexibility index (Phi) is 5.08. The van der Waals surface area contributed by atoms with Crippen molar-refractivity contribution < 1.29 is 9.53 Å². The first kappa shape index (κ1) is 15.4. The lowest BCUT2D eigenvalue weighted by Crippen LogP contribution is -2.34. The predicted octanol–water partition coefficient (Wildman–Crippen LogP) is 3.55. The van der Waals surface area contributed by atoms with Crippen LogP contribution in [0.25, 0.3) is 0 Å². The number of ether oxygens (including phenoxy) is 1. The SMILES string of the molecule is CC(C)(CCCBr)CNC(=O)c1ccc2c(c1)CCO2. The third-order valence-electron chi connectivity index (χ3n) is 3.67. The van der Waals surface area contributed by atoms with Crippen LogP contribution in [-0.2, 0) is 6.42 Å². The van der Waals surface area contributed by atoms with E-state index in [1.807, 2.05) is 18.2 Å². The molecule has 4 heteroatoms. The van der Waals surface area contributed by atoms with Gasteiger partial charge in [0.15, 0.2) is 0 Å². The molecular formula is C16H22BrNO2. The summed E-state index contributed by atoms with van der Waals surface area (Å²) >= 11 is 3.45. The summed E-state index contributed by atoms with van der Waals surface area (Å²) in [5.41, 5.74) is 1.99. The topological polar surface area (TPSA) is 38.3 Å². The second-order valence-electron chi connectivity index (χ2n) is 6.06. The maximum Gasteiger partial charge on any atom is 0.251 e. The third kappa shape index (κ3) is 3.98. The average molecular weight is 340 g/mol. The fourth-order valence-corrected chi connectivity index (χ4v) is 2.66. The molecule has 1 aliphatic heterocycles. The molecule has 0 bridgehead atoms. The number of amides is 1. The lowest BCUT2D eigenvalue weighted by atomic mass is 9.88. The summed E-state index contributed by atoms with van der Waals surface area (Å²) in [7, 11) is 0. The van der Waals surface area contributed by atoms with Crippen LogP contribution >= 0.6 is 15.9 Å². The van der Waals surface area contributed by atoms with Crippen molar-refractivity contribution in [1.82, 2.24) is 5.32 Å². The van der Waals surface area contributed by atoms with Gasteiger partial charge in [0.2, 0.25) is 0 Å². The normalized spacial score (nSPS) is 13.8. The zero-order valence-corrected chi connectivity index (χ0v) is 13.8. The molecule has 0 atom stereocenters. The zero-order chi connectivity index (χ0) is 14.6. The largest absolute Gasteiger partial charge is 0.493 e. The van der Waals surface area contributed by atoms with E-state index in [-0.39, 0.29) is 11.3 Å². The van der Waals surface area contributed by atoms with Gasteiger partial charge in [-0.15, -0.1) is 0 Å². The number of hydrogen-bond donors (Lipinski definition) is 1. The van der Waals surface area contributed by atoms with Crippen LogP contribution in [0.5, 0.6) is 5.75 Å². The minimum absolute atomic E-state index is 0.00613. The molecule has 3 nitrogen and oxygen atoms in total. The highest BCUT2D eigenvalue weighted by molar-refractivity contribution is 9.09. The number of rotatable bonds is 6. The summed E-state index contributed by atoms with van der Waals surface area (Å²) in [5.74, 6) is 0.922. The van der Waals surface area contributed by atoms with Crippen molar-refractivity contribution in [2.45, 2.75) is 33.1 Å². The Morgan fingerprint density at radius 3 is 3.00 bits per heavy atom. The van der Waals surface area contributed by atoms with Crippen molar-refractivity contribution in [3.8, 4) is 5.75 Å². The molecule has 0 saturated carbocycles. The van der Waals surface area contributed by atoms with Gasteiger partial charge in [-0.2, -0.15) is 0 Å². The van der Waals surface area contributed by atoms with Crippen LogP contribution in [-0.4, -0.2) is 24.4 Å². The predicted molar refractivity (Wildman–Crippen MR) is 84.8 cm³/mol. The van der Waals surface area contributed by atoms with E-state index in [0.717, 1.165) is 48.1 Å². The van der Waals surface area contributed by atoms with Crippen molar-refractivity contribution in [2.24, 2.45) is 5.41 Å². The van der Waals surface area contributed by atoms with Gasteiger partial charge in [-0.3, -0.25) is 4.79 Å². The van der Waals surface area contributed by atoms with Crippen molar-refractivity contribution in [1.29, 1.82) is 0 Å². The van der Waals surface area contributed by atoms with E-state index < -0.39 is 0 Å². The first-order valence-electron chi connectivity index (χ1n) is 7.12. The van der Waals surface area contributed by atoms with Gasteiger partial charge < -0.3 is 10.1 Å². The standard InChI is InChI=1S/C16H22BrNO2/c1-16(2,7-3-8-17)11-18-15(19)13-4-5-14-12(10-13)6-9-20-14/h4-5,10H,3,6-9,11H2,1-2H3,(H,18,19). The number of benzene rings is 1. The molecule has 1 aromatic carbocycles. The minimum Gasteiger partial charge on any atom is -0.493 e. The molecule has 1 aromatic rings. The van der Waals surface area contributed by atoms with Crippen molar-refractivity contribution in [3.05, 3.63) is 29.3 Å². The van der Waals surface area contributed by atoms with E-state index in [1.54, 1.807) is 0 Å². The van der Waals surface area contributed by atoms with E-state index in [9.17, 15) is 4.79 Å². The lowest BCUT2D eigenvalue weighted by molar-refractivity contribution is 0.0934. The third-order valence-corrected chi connectivity index (χ3v) is 4.23. The molecular weight excluding hydrogens is 318 g/mol. The maximum absolute atomic E-state index is 12.2.